The highest BCUT2D eigenvalue weighted by Gasteiger charge is 2.30. The number of halogens is 1. The van der Waals surface area contributed by atoms with Crippen molar-refractivity contribution in [3.63, 3.8) is 0 Å². The number of amidine groups is 1. The van der Waals surface area contributed by atoms with Gasteiger partial charge >= 0.3 is 0 Å². The molecule has 2 heterocycles. The summed E-state index contributed by atoms with van der Waals surface area (Å²) >= 11 is 7.92. The number of fused-ring (bicyclic) bond motifs is 1. The maximum Gasteiger partial charge on any atom is 0.264 e. The fourth-order valence-corrected chi connectivity index (χ4v) is 4.74. The van der Waals surface area contributed by atoms with Gasteiger partial charge in [-0.2, -0.15) is 0 Å². The number of likely N-dealkylation sites (N-methyl/N-ethyl adjacent to an activating group) is 1. The van der Waals surface area contributed by atoms with Crippen molar-refractivity contribution in [1.82, 2.24) is 5.32 Å². The molecule has 7 heteroatoms. The highest BCUT2D eigenvalue weighted by Crippen LogP contribution is 2.41. The fraction of sp³-hybridized carbons (Fsp3) is 0.250. The van der Waals surface area contributed by atoms with Gasteiger partial charge in [0.15, 0.2) is 5.17 Å². The minimum absolute atomic E-state index is 0.0889. The minimum Gasteiger partial charge on any atom is -0.497 e. The Hall–Kier alpha value is -2.70. The summed E-state index contributed by atoms with van der Waals surface area (Å²) < 4.78 is 5.16. The summed E-state index contributed by atoms with van der Waals surface area (Å²) in [5.41, 5.74) is 4.86. The Labute approximate surface area is 191 Å². The van der Waals surface area contributed by atoms with Gasteiger partial charge in [0.05, 0.1) is 23.2 Å². The zero-order valence-corrected chi connectivity index (χ0v) is 19.7. The van der Waals surface area contributed by atoms with E-state index in [0.29, 0.717) is 15.1 Å². The molecule has 31 heavy (non-hydrogen) atoms. The Morgan fingerprint density at radius 3 is 2.61 bits per heavy atom. The molecule has 5 nitrogen and oxygen atoms in total. The van der Waals surface area contributed by atoms with Crippen LogP contribution in [0.15, 0.2) is 52.4 Å². The zero-order chi connectivity index (χ0) is 22.3. The van der Waals surface area contributed by atoms with Crippen LogP contribution in [0.25, 0.3) is 11.6 Å². The molecule has 0 unspecified atom stereocenters. The third-order valence-corrected chi connectivity index (χ3v) is 6.81. The molecular weight excluding hydrogens is 430 g/mol. The number of hydrogen-bond acceptors (Lipinski definition) is 5. The molecule has 2 aromatic carbocycles. The molecule has 1 fully saturated rings. The molecule has 2 aromatic rings. The number of anilines is 1. The molecule has 1 amide bonds. The number of methoxy groups -OCH3 is 1. The summed E-state index contributed by atoms with van der Waals surface area (Å²) in [6.07, 6.45) is 4.07. The van der Waals surface area contributed by atoms with E-state index in [2.05, 4.69) is 55.2 Å². The van der Waals surface area contributed by atoms with E-state index in [1.165, 1.54) is 17.3 Å². The number of amides is 1. The highest BCUT2D eigenvalue weighted by molar-refractivity contribution is 8.18. The van der Waals surface area contributed by atoms with Gasteiger partial charge in [0, 0.05) is 23.3 Å². The predicted molar refractivity (Wildman–Crippen MR) is 131 cm³/mol. The number of benzene rings is 2. The summed E-state index contributed by atoms with van der Waals surface area (Å²) in [4.78, 5) is 19.8. The molecule has 0 spiro atoms. The van der Waals surface area contributed by atoms with Crippen LogP contribution in [-0.4, -0.2) is 30.8 Å². The second-order valence-corrected chi connectivity index (χ2v) is 9.55. The van der Waals surface area contributed by atoms with Gasteiger partial charge in [-0.15, -0.1) is 0 Å². The van der Waals surface area contributed by atoms with Crippen molar-refractivity contribution in [2.45, 2.75) is 26.3 Å². The number of ether oxygens (including phenoxy) is 1. The molecule has 0 saturated carbocycles. The van der Waals surface area contributed by atoms with Crippen molar-refractivity contribution in [2.24, 2.45) is 4.99 Å². The molecule has 2 aliphatic heterocycles. The van der Waals surface area contributed by atoms with Crippen molar-refractivity contribution in [2.75, 3.05) is 19.1 Å². The molecule has 0 aliphatic carbocycles. The Balaban J connectivity index is 1.64. The number of carbonyl (C=O) groups is 1. The second kappa shape index (κ2) is 8.09. The molecule has 0 radical (unpaired) electrons. The second-order valence-electron chi connectivity index (χ2n) is 8.11. The van der Waals surface area contributed by atoms with Crippen molar-refractivity contribution >= 4 is 57.5 Å². The summed E-state index contributed by atoms with van der Waals surface area (Å²) in [7, 11) is 3.69. The Bertz CT molecular complexity index is 1150. The Morgan fingerprint density at radius 1 is 1.23 bits per heavy atom. The number of nitrogens with one attached hydrogen (secondary N) is 1. The molecule has 160 valence electrons. The summed E-state index contributed by atoms with van der Waals surface area (Å²) in [6.45, 7) is 6.45. The highest BCUT2D eigenvalue weighted by atomic mass is 35.5. The largest absolute Gasteiger partial charge is 0.497 e. The summed E-state index contributed by atoms with van der Waals surface area (Å²) in [5, 5.41) is 3.97. The lowest BCUT2D eigenvalue weighted by molar-refractivity contribution is -0.115. The Kier molecular flexibility index (Phi) is 5.62. The molecule has 1 saturated heterocycles. The normalized spacial score (nSPS) is 20.0. The van der Waals surface area contributed by atoms with Crippen LogP contribution in [0.5, 0.6) is 5.75 Å². The minimum atomic E-state index is -0.184. The number of aliphatic imine (C=N–C) groups is 1. The van der Waals surface area contributed by atoms with E-state index in [1.54, 1.807) is 7.11 Å². The summed E-state index contributed by atoms with van der Waals surface area (Å²) in [5.74, 6) is 0.574. The predicted octanol–water partition coefficient (Wildman–Crippen LogP) is 5.87. The molecule has 2 aliphatic rings. The van der Waals surface area contributed by atoms with Gasteiger partial charge < -0.3 is 15.0 Å². The van der Waals surface area contributed by atoms with Crippen molar-refractivity contribution in [1.29, 1.82) is 0 Å². The topological polar surface area (TPSA) is 53.9 Å². The fourth-order valence-electron chi connectivity index (χ4n) is 3.69. The van der Waals surface area contributed by atoms with Gasteiger partial charge in [-0.3, -0.25) is 4.79 Å². The van der Waals surface area contributed by atoms with Crippen LogP contribution in [-0.2, 0) is 4.79 Å². The van der Waals surface area contributed by atoms with Gasteiger partial charge in [-0.1, -0.05) is 17.7 Å². The van der Waals surface area contributed by atoms with Crippen LogP contribution in [0.1, 0.15) is 31.9 Å². The SMILES string of the molecule is COc1ccc(N=C2NC(=O)/C(=C\c3cc4c(cc3Cl)N(C)C(C)(C)C=C4C)S2)cc1. The summed E-state index contributed by atoms with van der Waals surface area (Å²) in [6, 6.07) is 11.4. The van der Waals surface area contributed by atoms with E-state index in [4.69, 9.17) is 16.3 Å². The van der Waals surface area contributed by atoms with Crippen LogP contribution in [0.2, 0.25) is 5.02 Å². The first-order valence-electron chi connectivity index (χ1n) is 9.89. The molecule has 0 atom stereocenters. The average Bonchev–Trinajstić information content (AvgIpc) is 3.06. The van der Waals surface area contributed by atoms with Crippen molar-refractivity contribution in [3.8, 4) is 5.75 Å². The van der Waals surface area contributed by atoms with Gasteiger partial charge in [-0.05, 0) is 86.1 Å². The molecule has 4 rings (SSSR count). The number of thioether (sulfide) groups is 1. The Morgan fingerprint density at radius 2 is 1.94 bits per heavy atom. The lowest BCUT2D eigenvalue weighted by atomic mass is 9.88. The lowest BCUT2D eigenvalue weighted by Crippen LogP contribution is -2.42. The van der Waals surface area contributed by atoms with Crippen LogP contribution in [0, 0.1) is 0 Å². The van der Waals surface area contributed by atoms with Gasteiger partial charge in [0.25, 0.3) is 5.91 Å². The molecular formula is C24H24ClN3O2S. The number of rotatable bonds is 3. The number of nitrogens with zero attached hydrogens (tertiary/aromatic N) is 2. The zero-order valence-electron chi connectivity index (χ0n) is 18.1. The van der Waals surface area contributed by atoms with Crippen LogP contribution >= 0.6 is 23.4 Å². The smallest absolute Gasteiger partial charge is 0.264 e. The van der Waals surface area contributed by atoms with Gasteiger partial charge in [0.2, 0.25) is 0 Å². The first kappa shape index (κ1) is 21.5. The molecule has 0 bridgehead atoms. The molecule has 1 N–H and O–H groups in total. The number of hydrogen-bond donors (Lipinski definition) is 1. The van der Waals surface area contributed by atoms with E-state index >= 15 is 0 Å². The van der Waals surface area contributed by atoms with E-state index in [0.717, 1.165) is 28.3 Å². The van der Waals surface area contributed by atoms with Crippen LogP contribution in [0.3, 0.4) is 0 Å². The molecule has 0 aromatic heterocycles. The maximum atomic E-state index is 12.5. The van der Waals surface area contributed by atoms with E-state index in [-0.39, 0.29) is 11.4 Å². The van der Waals surface area contributed by atoms with Gasteiger partial charge in [-0.25, -0.2) is 4.99 Å². The maximum absolute atomic E-state index is 12.5. The lowest BCUT2D eigenvalue weighted by Gasteiger charge is -2.40. The van der Waals surface area contributed by atoms with Crippen molar-refractivity contribution in [3.05, 3.63) is 63.5 Å². The number of carbonyl (C=O) groups excluding carboxylic acids is 1. The van der Waals surface area contributed by atoms with Crippen LogP contribution in [0.4, 0.5) is 11.4 Å². The van der Waals surface area contributed by atoms with E-state index in [1.807, 2.05) is 36.4 Å². The average molecular weight is 454 g/mol. The number of allylic oxidation sites excluding steroid dienone is 1. The third kappa shape index (κ3) is 4.23. The van der Waals surface area contributed by atoms with E-state index < -0.39 is 0 Å². The quantitative estimate of drug-likeness (QED) is 0.590. The first-order valence-corrected chi connectivity index (χ1v) is 11.1. The van der Waals surface area contributed by atoms with Crippen LogP contribution < -0.4 is 15.0 Å². The third-order valence-electron chi connectivity index (χ3n) is 5.58. The first-order chi connectivity index (χ1) is 14.7. The van der Waals surface area contributed by atoms with E-state index in [9.17, 15) is 4.79 Å². The standard InChI is InChI=1S/C24H24ClN3O2S/c1-14-13-24(2,3)28(4)20-12-19(25)15(10-18(14)20)11-21-22(29)27-23(31-21)26-16-6-8-17(30-5)9-7-16/h6-13H,1-5H3,(H,26,27,29)/b21-11+. The van der Waals surface area contributed by atoms with Gasteiger partial charge in [0.1, 0.15) is 5.75 Å². The monoisotopic (exact) mass is 453 g/mol. The van der Waals surface area contributed by atoms with Crippen molar-refractivity contribution < 1.29 is 9.53 Å².